The van der Waals surface area contributed by atoms with Gasteiger partial charge in [-0.3, -0.25) is 0 Å². The van der Waals surface area contributed by atoms with Crippen LogP contribution in [0.4, 0.5) is 0 Å². The minimum absolute atomic E-state index is 0.267. The van der Waals surface area contributed by atoms with Crippen molar-refractivity contribution in [3.63, 3.8) is 0 Å². The van der Waals surface area contributed by atoms with Crippen LogP contribution >= 0.6 is 0 Å². The number of aliphatic imine (C=N–C) groups is 2. The van der Waals surface area contributed by atoms with Crippen LogP contribution in [0, 0.1) is 0 Å². The SMILES string of the molecule is O=S(=O)=C1C2=Cc3ccc([nH]3)C=C3C=CC(=N3)C=C3NC(C(=S(=O)=O)C(=N2)C1=S(=O)=O)C(=S(=O)=O)C3c1ccccc1. The van der Waals surface area contributed by atoms with Crippen molar-refractivity contribution in [1.29, 1.82) is 0 Å². The molecular formula is C26H16N4O8S4. The van der Waals surface area contributed by atoms with Gasteiger partial charge in [0.25, 0.3) is 0 Å². The Morgan fingerprint density at radius 1 is 0.667 bits per heavy atom. The summed E-state index contributed by atoms with van der Waals surface area (Å²) < 4.78 is 101. The van der Waals surface area contributed by atoms with Crippen molar-refractivity contribution in [3.8, 4) is 0 Å². The number of nitrogens with one attached hydrogen (secondary N) is 2. The lowest BCUT2D eigenvalue weighted by Crippen LogP contribution is -2.44. The molecule has 42 heavy (non-hydrogen) atoms. The van der Waals surface area contributed by atoms with Crippen LogP contribution in [0.15, 0.2) is 87.8 Å². The molecule has 1 aromatic heterocycles. The quantitative estimate of drug-likeness (QED) is 0.405. The van der Waals surface area contributed by atoms with Crippen LogP contribution in [0.2, 0.25) is 0 Å². The predicted octanol–water partition coefficient (Wildman–Crippen LogP) is 0.0210. The Bertz CT molecular complexity index is 2350. The van der Waals surface area contributed by atoms with Crippen LogP contribution in [-0.4, -0.2) is 75.6 Å². The fourth-order valence-corrected chi connectivity index (χ4v) is 8.25. The van der Waals surface area contributed by atoms with E-state index in [2.05, 4.69) is 20.3 Å². The second-order valence-electron chi connectivity index (χ2n) is 9.18. The van der Waals surface area contributed by atoms with Gasteiger partial charge < -0.3 is 10.3 Å². The summed E-state index contributed by atoms with van der Waals surface area (Å²) in [5, 5.41) is 2.94. The van der Waals surface area contributed by atoms with Gasteiger partial charge in [0.05, 0.1) is 27.9 Å². The highest BCUT2D eigenvalue weighted by atomic mass is 32.2. The fourth-order valence-electron chi connectivity index (χ4n) is 5.10. The fraction of sp³-hybridized carbons (Fsp3) is 0.0769. The number of benzene rings is 1. The summed E-state index contributed by atoms with van der Waals surface area (Å²) in [5.74, 6) is -1.01. The molecule has 1 aromatic carbocycles. The number of nitrogens with zero attached hydrogens (tertiary/aromatic N) is 2. The predicted molar refractivity (Wildman–Crippen MR) is 161 cm³/mol. The lowest BCUT2D eigenvalue weighted by molar-refractivity contribution is 0.625. The van der Waals surface area contributed by atoms with E-state index in [0.717, 1.165) is 0 Å². The summed E-state index contributed by atoms with van der Waals surface area (Å²) in [6.07, 6.45) is 7.98. The van der Waals surface area contributed by atoms with E-state index in [-0.39, 0.29) is 16.3 Å². The highest BCUT2D eigenvalue weighted by Crippen LogP contribution is 2.33. The van der Waals surface area contributed by atoms with E-state index >= 15 is 0 Å². The molecule has 2 unspecified atom stereocenters. The molecule has 8 bridgehead atoms. The molecule has 2 aromatic rings. The van der Waals surface area contributed by atoms with Crippen molar-refractivity contribution in [2.45, 2.75) is 12.0 Å². The molecule has 0 spiro atoms. The molecule has 4 aliphatic heterocycles. The standard InChI is InChI=1S/C26H16N4O8S4/c31-39(32)23-19-12-17-9-7-15(28-17)10-14-6-8-16(27-14)11-18-20(13-4-2-1-3-5-13)24(40(33)34)21(29-18)25(41(35)36)22(30-19)26(23)42(37)38/h1-12,20-21,28-29H. The molecule has 0 radical (unpaired) electrons. The van der Waals surface area contributed by atoms with Gasteiger partial charge in [0.15, 0.2) is 0 Å². The number of allylic oxidation sites excluding steroid dienone is 5. The van der Waals surface area contributed by atoms with Crippen LogP contribution < -0.4 is 5.32 Å². The molecule has 0 amide bonds. The molecule has 6 rings (SSSR count). The van der Waals surface area contributed by atoms with Gasteiger partial charge in [-0.05, 0) is 48.1 Å². The average molecular weight is 641 g/mol. The van der Waals surface area contributed by atoms with Gasteiger partial charge in [0, 0.05) is 17.1 Å². The molecule has 5 heterocycles. The first-order valence-electron chi connectivity index (χ1n) is 12.0. The van der Waals surface area contributed by atoms with E-state index in [1.54, 1.807) is 66.8 Å². The first kappa shape index (κ1) is 27.5. The summed E-state index contributed by atoms with van der Waals surface area (Å²) in [6, 6.07) is 10.1. The highest BCUT2D eigenvalue weighted by Gasteiger charge is 2.46. The van der Waals surface area contributed by atoms with Gasteiger partial charge in [-0.2, -0.15) is 33.7 Å². The smallest absolute Gasteiger partial charge is 0.225 e. The van der Waals surface area contributed by atoms with E-state index in [1.807, 2.05) is 0 Å². The van der Waals surface area contributed by atoms with E-state index in [1.165, 1.54) is 6.08 Å². The van der Waals surface area contributed by atoms with E-state index in [9.17, 15) is 33.7 Å². The van der Waals surface area contributed by atoms with Gasteiger partial charge >= 0.3 is 0 Å². The maximum absolute atomic E-state index is 12.8. The van der Waals surface area contributed by atoms with Crippen molar-refractivity contribution < 1.29 is 33.7 Å². The first-order valence-corrected chi connectivity index (χ1v) is 16.3. The van der Waals surface area contributed by atoms with E-state index < -0.39 is 73.4 Å². The minimum atomic E-state index is -3.29. The van der Waals surface area contributed by atoms with Crippen LogP contribution in [0.5, 0.6) is 0 Å². The second-order valence-corrected chi connectivity index (χ2v) is 12.8. The number of H-pyrrole nitrogens is 1. The van der Waals surface area contributed by atoms with Gasteiger partial charge in [-0.15, -0.1) is 0 Å². The Hall–Kier alpha value is -4.64. The molecule has 12 nitrogen and oxygen atoms in total. The molecule has 2 N–H and O–H groups in total. The topological polar surface area (TPSA) is 189 Å². The van der Waals surface area contributed by atoms with Crippen molar-refractivity contribution in [1.82, 2.24) is 10.3 Å². The van der Waals surface area contributed by atoms with E-state index in [0.29, 0.717) is 28.4 Å². The Labute approximate surface area is 244 Å². The molecule has 0 aliphatic carbocycles. The summed E-state index contributed by atoms with van der Waals surface area (Å²) in [4.78, 5) is 9.00. The molecule has 2 atom stereocenters. The van der Waals surface area contributed by atoms with Crippen LogP contribution in [-0.2, 0) is 41.2 Å². The number of aromatic amines is 1. The number of hydrogen-bond acceptors (Lipinski definition) is 11. The Morgan fingerprint density at radius 3 is 2.00 bits per heavy atom. The van der Waals surface area contributed by atoms with Gasteiger partial charge in [0.2, 0.25) is 41.2 Å². The maximum atomic E-state index is 12.8. The molecule has 212 valence electrons. The maximum Gasteiger partial charge on any atom is 0.225 e. The molecular weight excluding hydrogens is 625 g/mol. The summed E-state index contributed by atoms with van der Waals surface area (Å²) in [6.45, 7) is 0. The third-order valence-corrected chi connectivity index (χ3v) is 9.98. The van der Waals surface area contributed by atoms with E-state index in [4.69, 9.17) is 0 Å². The average Bonchev–Trinajstić information content (AvgIpc) is 3.71. The van der Waals surface area contributed by atoms with Gasteiger partial charge in [-0.25, -0.2) is 9.98 Å². The van der Waals surface area contributed by atoms with Crippen molar-refractivity contribution in [3.05, 3.63) is 94.7 Å². The number of hydrogen-bond donors (Lipinski definition) is 2. The van der Waals surface area contributed by atoms with Gasteiger partial charge in [0.1, 0.15) is 26.3 Å². The van der Waals surface area contributed by atoms with Crippen molar-refractivity contribution in [2.75, 3.05) is 0 Å². The largest absolute Gasteiger partial charge is 0.375 e. The third-order valence-electron chi connectivity index (χ3n) is 6.72. The number of rotatable bonds is 1. The molecule has 1 saturated heterocycles. The van der Waals surface area contributed by atoms with Crippen LogP contribution in [0.3, 0.4) is 0 Å². The number of aromatic nitrogens is 1. The minimum Gasteiger partial charge on any atom is -0.375 e. The summed E-state index contributed by atoms with van der Waals surface area (Å²) >= 11 is 0. The molecule has 4 aliphatic rings. The lowest BCUT2D eigenvalue weighted by atomic mass is 9.91. The van der Waals surface area contributed by atoms with Crippen LogP contribution in [0.25, 0.3) is 12.2 Å². The lowest BCUT2D eigenvalue weighted by Gasteiger charge is -2.12. The highest BCUT2D eigenvalue weighted by molar-refractivity contribution is 7.86. The summed E-state index contributed by atoms with van der Waals surface area (Å²) in [7, 11) is -12.7. The summed E-state index contributed by atoms with van der Waals surface area (Å²) in [5.41, 5.74) is 1.61. The normalized spacial score (nSPS) is 20.8. The zero-order valence-corrected chi connectivity index (χ0v) is 24.1. The molecule has 1 fully saturated rings. The van der Waals surface area contributed by atoms with Crippen molar-refractivity contribution in [2.24, 2.45) is 9.98 Å². The monoisotopic (exact) mass is 640 g/mol. The van der Waals surface area contributed by atoms with Crippen molar-refractivity contribution >= 4 is 84.2 Å². The van der Waals surface area contributed by atoms with Gasteiger partial charge in [-0.1, -0.05) is 30.3 Å². The number of fused-ring (bicyclic) bond motifs is 6. The van der Waals surface area contributed by atoms with Crippen LogP contribution in [0.1, 0.15) is 22.9 Å². The third kappa shape index (κ3) is 4.79. The first-order chi connectivity index (χ1) is 20.1. The molecule has 0 saturated carbocycles. The molecule has 16 heteroatoms. The zero-order valence-electron chi connectivity index (χ0n) is 20.9. The zero-order chi connectivity index (χ0) is 29.7. The Balaban J connectivity index is 1.73. The Morgan fingerprint density at radius 2 is 1.36 bits per heavy atom. The second kappa shape index (κ2) is 10.6. The Kier molecular flexibility index (Phi) is 6.97.